The molecular weight excluding hydrogens is 336 g/mol. The molecule has 1 N–H and O–H groups in total. The Balaban J connectivity index is 1.65. The topological polar surface area (TPSA) is 97.6 Å². The number of rotatable bonds is 6. The van der Waals surface area contributed by atoms with Crippen LogP contribution in [-0.2, 0) is 33.7 Å². The van der Waals surface area contributed by atoms with Crippen molar-refractivity contribution in [3.8, 4) is 0 Å². The van der Waals surface area contributed by atoms with Crippen molar-refractivity contribution in [1.82, 2.24) is 15.2 Å². The summed E-state index contributed by atoms with van der Waals surface area (Å²) in [5.74, 6) is -0.103. The molecule has 2 heterocycles. The molecule has 1 aromatic heterocycles. The summed E-state index contributed by atoms with van der Waals surface area (Å²) in [6.07, 6.45) is 1.27. The van der Waals surface area contributed by atoms with E-state index in [1.165, 1.54) is 5.56 Å². The van der Waals surface area contributed by atoms with Crippen molar-refractivity contribution < 1.29 is 19.0 Å². The van der Waals surface area contributed by atoms with Crippen LogP contribution in [0.1, 0.15) is 28.9 Å². The molecule has 0 saturated heterocycles. The maximum atomic E-state index is 12.5. The van der Waals surface area contributed by atoms with Gasteiger partial charge in [0.15, 0.2) is 0 Å². The molecule has 138 valence electrons. The number of methoxy groups -OCH3 is 1. The number of amides is 2. The first-order chi connectivity index (χ1) is 12.6. The van der Waals surface area contributed by atoms with Gasteiger partial charge in [-0.3, -0.25) is 9.59 Å². The molecule has 8 heteroatoms. The number of nitrogens with zero attached hydrogens (tertiary/aromatic N) is 3. The van der Waals surface area contributed by atoms with Gasteiger partial charge in [-0.2, -0.15) is 0 Å². The molecule has 0 unspecified atom stereocenters. The van der Waals surface area contributed by atoms with Gasteiger partial charge in [-0.25, -0.2) is 4.63 Å². The standard InChI is InChI=1S/C18H22N4O4/c1-12-16(21-26-20-12)10-18(24)22-7-5-13-3-4-15(9-14(13)11-22)19-17(23)6-8-25-2/h3-4,9H,5-8,10-11H2,1-2H3,(H,19,23). The lowest BCUT2D eigenvalue weighted by atomic mass is 9.98. The molecule has 0 saturated carbocycles. The van der Waals surface area contributed by atoms with E-state index < -0.39 is 0 Å². The summed E-state index contributed by atoms with van der Waals surface area (Å²) in [5, 5.41) is 10.3. The van der Waals surface area contributed by atoms with Gasteiger partial charge >= 0.3 is 0 Å². The fourth-order valence-electron chi connectivity index (χ4n) is 2.93. The molecule has 0 radical (unpaired) electrons. The second kappa shape index (κ2) is 8.09. The Morgan fingerprint density at radius 1 is 1.31 bits per heavy atom. The van der Waals surface area contributed by atoms with E-state index >= 15 is 0 Å². The molecule has 26 heavy (non-hydrogen) atoms. The fourth-order valence-corrected chi connectivity index (χ4v) is 2.93. The highest BCUT2D eigenvalue weighted by Gasteiger charge is 2.23. The monoisotopic (exact) mass is 358 g/mol. The van der Waals surface area contributed by atoms with Crippen LogP contribution in [0.2, 0.25) is 0 Å². The third kappa shape index (κ3) is 4.26. The van der Waals surface area contributed by atoms with Gasteiger partial charge in [0.2, 0.25) is 11.8 Å². The highest BCUT2D eigenvalue weighted by Crippen LogP contribution is 2.23. The predicted octanol–water partition coefficient (Wildman–Crippen LogP) is 1.48. The Bertz CT molecular complexity index is 802. The summed E-state index contributed by atoms with van der Waals surface area (Å²) in [7, 11) is 1.56. The van der Waals surface area contributed by atoms with E-state index in [4.69, 9.17) is 4.74 Å². The number of benzene rings is 1. The van der Waals surface area contributed by atoms with Gasteiger partial charge in [-0.05, 0) is 36.6 Å². The second-order valence-corrected chi connectivity index (χ2v) is 6.31. The molecule has 0 spiro atoms. The van der Waals surface area contributed by atoms with Crippen molar-refractivity contribution in [3.05, 3.63) is 40.7 Å². The van der Waals surface area contributed by atoms with E-state index in [2.05, 4.69) is 20.3 Å². The molecule has 1 aliphatic rings. The number of carbonyl (C=O) groups excluding carboxylic acids is 2. The maximum absolute atomic E-state index is 12.5. The van der Waals surface area contributed by atoms with E-state index in [0.717, 1.165) is 17.7 Å². The van der Waals surface area contributed by atoms with Crippen molar-refractivity contribution in [3.63, 3.8) is 0 Å². The summed E-state index contributed by atoms with van der Waals surface area (Å²) in [5.41, 5.74) is 4.18. The Morgan fingerprint density at radius 2 is 2.15 bits per heavy atom. The number of hydrogen-bond acceptors (Lipinski definition) is 6. The van der Waals surface area contributed by atoms with Crippen LogP contribution < -0.4 is 5.32 Å². The molecule has 8 nitrogen and oxygen atoms in total. The van der Waals surface area contributed by atoms with Gasteiger partial charge in [-0.15, -0.1) is 0 Å². The minimum atomic E-state index is -0.0930. The number of aromatic nitrogens is 2. The average molecular weight is 358 g/mol. The minimum absolute atomic E-state index is 0.0102. The normalized spacial score (nSPS) is 13.4. The van der Waals surface area contributed by atoms with E-state index in [-0.39, 0.29) is 18.2 Å². The first-order valence-electron chi connectivity index (χ1n) is 8.53. The number of nitrogens with one attached hydrogen (secondary N) is 1. The lowest BCUT2D eigenvalue weighted by Gasteiger charge is -2.29. The van der Waals surface area contributed by atoms with Gasteiger partial charge in [0.05, 0.1) is 19.4 Å². The Labute approximate surface area is 151 Å². The lowest BCUT2D eigenvalue weighted by Crippen LogP contribution is -2.37. The summed E-state index contributed by atoms with van der Waals surface area (Å²) in [4.78, 5) is 26.2. The molecule has 1 aromatic carbocycles. The Hall–Kier alpha value is -2.74. The maximum Gasteiger partial charge on any atom is 0.229 e. The van der Waals surface area contributed by atoms with Crippen LogP contribution in [0.15, 0.2) is 22.8 Å². The van der Waals surface area contributed by atoms with Crippen LogP contribution in [-0.4, -0.2) is 47.3 Å². The van der Waals surface area contributed by atoms with Crippen molar-refractivity contribution in [2.24, 2.45) is 0 Å². The summed E-state index contributed by atoms with van der Waals surface area (Å²) < 4.78 is 9.56. The van der Waals surface area contributed by atoms with E-state index in [1.807, 2.05) is 18.2 Å². The zero-order valence-electron chi connectivity index (χ0n) is 14.9. The van der Waals surface area contributed by atoms with E-state index in [0.29, 0.717) is 37.5 Å². The quantitative estimate of drug-likeness (QED) is 0.840. The lowest BCUT2D eigenvalue weighted by molar-refractivity contribution is -0.131. The molecule has 0 atom stereocenters. The molecule has 1 aliphatic heterocycles. The highest BCUT2D eigenvalue weighted by atomic mass is 16.6. The highest BCUT2D eigenvalue weighted by molar-refractivity contribution is 5.91. The summed E-state index contributed by atoms with van der Waals surface area (Å²) in [6, 6.07) is 5.84. The van der Waals surface area contributed by atoms with Crippen molar-refractivity contribution >= 4 is 17.5 Å². The van der Waals surface area contributed by atoms with Crippen LogP contribution in [0.4, 0.5) is 5.69 Å². The number of ether oxygens (including phenoxy) is 1. The number of anilines is 1. The van der Waals surface area contributed by atoms with Crippen LogP contribution in [0.25, 0.3) is 0 Å². The van der Waals surface area contributed by atoms with Crippen LogP contribution >= 0.6 is 0 Å². The first-order valence-corrected chi connectivity index (χ1v) is 8.53. The largest absolute Gasteiger partial charge is 0.384 e. The van der Waals surface area contributed by atoms with Gasteiger partial charge < -0.3 is 15.0 Å². The van der Waals surface area contributed by atoms with Crippen LogP contribution in [0.3, 0.4) is 0 Å². The van der Waals surface area contributed by atoms with Crippen molar-refractivity contribution in [2.45, 2.75) is 32.7 Å². The summed E-state index contributed by atoms with van der Waals surface area (Å²) >= 11 is 0. The molecule has 2 aromatic rings. The number of carbonyl (C=O) groups is 2. The average Bonchev–Trinajstić information content (AvgIpc) is 3.04. The summed E-state index contributed by atoms with van der Waals surface area (Å²) in [6.45, 7) is 3.33. The minimum Gasteiger partial charge on any atom is -0.384 e. The van der Waals surface area contributed by atoms with Crippen molar-refractivity contribution in [1.29, 1.82) is 0 Å². The second-order valence-electron chi connectivity index (χ2n) is 6.31. The van der Waals surface area contributed by atoms with E-state index in [1.54, 1.807) is 18.9 Å². The zero-order chi connectivity index (χ0) is 18.5. The molecule has 0 bridgehead atoms. The van der Waals surface area contributed by atoms with Gasteiger partial charge in [0, 0.05) is 25.9 Å². The van der Waals surface area contributed by atoms with Crippen LogP contribution in [0, 0.1) is 6.92 Å². The van der Waals surface area contributed by atoms with E-state index in [9.17, 15) is 9.59 Å². The Morgan fingerprint density at radius 3 is 2.88 bits per heavy atom. The third-order valence-electron chi connectivity index (χ3n) is 4.45. The molecule has 3 rings (SSSR count). The number of fused-ring (bicyclic) bond motifs is 1. The third-order valence-corrected chi connectivity index (χ3v) is 4.45. The Kier molecular flexibility index (Phi) is 5.62. The molecule has 2 amide bonds. The molecule has 0 aliphatic carbocycles. The molecule has 0 fully saturated rings. The van der Waals surface area contributed by atoms with Gasteiger partial charge in [0.1, 0.15) is 11.4 Å². The first kappa shape index (κ1) is 18.1. The predicted molar refractivity (Wildman–Crippen MR) is 93.4 cm³/mol. The van der Waals surface area contributed by atoms with Crippen molar-refractivity contribution in [2.75, 3.05) is 25.6 Å². The molecular formula is C18H22N4O4. The SMILES string of the molecule is COCCC(=O)Nc1ccc2c(c1)CN(C(=O)Cc1nonc1C)CC2. The number of aryl methyl sites for hydroxylation is 1. The fraction of sp³-hybridized carbons (Fsp3) is 0.444. The zero-order valence-corrected chi connectivity index (χ0v) is 14.9. The van der Waals surface area contributed by atoms with Gasteiger partial charge in [0.25, 0.3) is 0 Å². The number of hydrogen-bond donors (Lipinski definition) is 1. The smallest absolute Gasteiger partial charge is 0.229 e. The van der Waals surface area contributed by atoms with Crippen LogP contribution in [0.5, 0.6) is 0 Å². The van der Waals surface area contributed by atoms with Gasteiger partial charge in [-0.1, -0.05) is 16.4 Å².